The molecule has 7 rings (SSSR count). The number of phenols is 1. The number of H-pyrrole nitrogens is 1. The fourth-order valence-electron chi connectivity index (χ4n) is 11.6. The molecule has 3 aliphatic heterocycles. The van der Waals surface area contributed by atoms with Crippen LogP contribution in [-0.2, 0) is 67.2 Å². The Hall–Kier alpha value is -8.00. The number of para-hydroxylation sites is 1. The van der Waals surface area contributed by atoms with E-state index in [9.17, 15) is 54.0 Å². The first-order valence-corrected chi connectivity index (χ1v) is 36.2. The number of aromatic nitrogens is 1. The molecule has 1 aromatic heterocycles. The van der Waals surface area contributed by atoms with Crippen molar-refractivity contribution in [1.29, 1.82) is 0 Å². The summed E-state index contributed by atoms with van der Waals surface area (Å²) in [5.74, 6) is -10.3. The summed E-state index contributed by atoms with van der Waals surface area (Å²) in [4.78, 5) is 147. The molecule has 3 aliphatic rings. The van der Waals surface area contributed by atoms with Crippen molar-refractivity contribution in [3.63, 3.8) is 0 Å². The smallest absolute Gasteiger partial charge is 0.328 e. The van der Waals surface area contributed by atoms with E-state index in [2.05, 4.69) is 84.7 Å². The van der Waals surface area contributed by atoms with E-state index < -0.39 is 131 Å². The topological polar surface area (TPSA) is 500 Å². The molecule has 32 nitrogen and oxygen atoms in total. The molecule has 0 saturated carbocycles. The SMILES string of the molecule is CC(O)[C@H](NC(=O)[C@@H]1CSSC[C@H](NC(=O)[C@@H](Cc2ccccc2)NC(=O)CCCC(=O)NC23CNCCNCC(N)(CNCCNC2)NCCN3)C(=O)N[C@@H](Cc2ccc(O)cc2)C(=O)N[C@H](Cc2c[nH]c3ccccc23)C(=O)N[C@@H](CCCCN)C(=O)N[C@@H](C(C)O)C(=O)N1)C(=O)O. The van der Waals surface area contributed by atoms with Gasteiger partial charge in [0.15, 0.2) is 6.04 Å². The lowest BCUT2D eigenvalue weighted by Gasteiger charge is -2.39. The number of aliphatic carboxylic acids is 1. The van der Waals surface area contributed by atoms with Gasteiger partial charge in [0.05, 0.1) is 17.9 Å². The second-order valence-corrected chi connectivity index (χ2v) is 27.9. The van der Waals surface area contributed by atoms with Crippen LogP contribution in [0.4, 0.5) is 0 Å². The summed E-state index contributed by atoms with van der Waals surface area (Å²) in [5, 5.41) is 87.2. The molecule has 4 heterocycles. The lowest BCUT2D eigenvalue weighted by molar-refractivity contribution is -0.145. The van der Waals surface area contributed by atoms with E-state index in [1.54, 1.807) is 60.8 Å². The number of carboxylic acid groups (broad SMARTS) is 1. The molecule has 100 heavy (non-hydrogen) atoms. The van der Waals surface area contributed by atoms with Gasteiger partial charge in [-0.15, -0.1) is 0 Å². The van der Waals surface area contributed by atoms with E-state index in [-0.39, 0.29) is 75.3 Å². The van der Waals surface area contributed by atoms with E-state index in [1.807, 2.05) is 0 Å². The number of benzene rings is 3. The molecule has 4 aromatic rings. The van der Waals surface area contributed by atoms with Crippen LogP contribution < -0.4 is 91.2 Å². The Labute approximate surface area is 588 Å². The lowest BCUT2D eigenvalue weighted by atomic mass is 10.0. The van der Waals surface area contributed by atoms with Crippen molar-refractivity contribution in [2.75, 3.05) is 83.5 Å². The van der Waals surface area contributed by atoms with E-state index in [0.29, 0.717) is 99.5 Å². The average molecular weight is 1430 g/mol. The number of aliphatic hydroxyl groups is 2. The number of amides is 9. The molecule has 10 atom stereocenters. The van der Waals surface area contributed by atoms with Gasteiger partial charge in [-0.2, -0.15) is 0 Å². The number of hydrogen-bond donors (Lipinski definition) is 22. The number of phenolic OH excluding ortho intramolecular Hbond substituents is 1. The van der Waals surface area contributed by atoms with Crippen molar-refractivity contribution in [3.8, 4) is 5.75 Å². The predicted octanol–water partition coefficient (Wildman–Crippen LogP) is -4.65. The summed E-state index contributed by atoms with van der Waals surface area (Å²) in [6, 6.07) is 8.82. The minimum absolute atomic E-state index is 0.0608. The van der Waals surface area contributed by atoms with Gasteiger partial charge in [0.1, 0.15) is 53.7 Å². The summed E-state index contributed by atoms with van der Waals surface area (Å²) in [6.45, 7) is 7.62. The van der Waals surface area contributed by atoms with Gasteiger partial charge in [0.25, 0.3) is 0 Å². The molecule has 24 N–H and O–H groups in total. The number of unbranched alkanes of at least 4 members (excludes halogenated alkanes) is 1. The second-order valence-electron chi connectivity index (χ2n) is 25.4. The molecule has 9 amide bonds. The molecule has 0 aliphatic carbocycles. The number of fused-ring (bicyclic) bond motifs is 6. The molecular formula is C66H98N18O14S2. The van der Waals surface area contributed by atoms with Gasteiger partial charge < -0.3 is 106 Å². The standard InChI is InChI=1S/C66H98N18O14S2/c1-39(85)55-63(96)81-52(62(95)83-56(40(2)86)64(97)98)34-100-99-33-51(61(94)78-49(30-42-18-20-44(87)21-19-42)59(92)79-50(31-43-32-73-46-14-7-6-13-45(43)46)60(93)77-47(57(90)82-55)15-8-9-22-67)80-58(91)48(29-41-11-4-3-5-12-41)76-53(88)16-10-17-54(89)84-66-37-71-25-23-69-35-65(68,74-27-28-75-66)36-70-24-26-72-38-66/h3-7,11-14,18-21,32,39-40,47-52,55-56,69-75,85-87H,8-10,15-17,22-31,33-38,67-68H2,1-2H3,(H,76,88)(H,77,93)(H,78,94)(H,79,92)(H,80,91)(H,81,96)(H,82,90)(H,83,95)(H,84,89)(H,97,98)/t39?,40?,47-,48+,49-,50+,51-,52-,55-,56-,65?,66?/m0/s1. The highest BCUT2D eigenvalue weighted by atomic mass is 33.1. The van der Waals surface area contributed by atoms with Crippen molar-refractivity contribution in [3.05, 3.63) is 102 Å². The Morgan fingerprint density at radius 1 is 0.630 bits per heavy atom. The Morgan fingerprint density at radius 2 is 1.23 bits per heavy atom. The van der Waals surface area contributed by atoms with Crippen molar-refractivity contribution in [2.24, 2.45) is 11.5 Å². The zero-order valence-corrected chi connectivity index (χ0v) is 57.9. The summed E-state index contributed by atoms with van der Waals surface area (Å²) in [7, 11) is 1.75. The summed E-state index contributed by atoms with van der Waals surface area (Å²) >= 11 is 0. The molecule has 3 aromatic carbocycles. The Morgan fingerprint density at radius 3 is 1.89 bits per heavy atom. The number of carboxylic acids is 1. The van der Waals surface area contributed by atoms with Crippen LogP contribution in [0.1, 0.15) is 69.1 Å². The van der Waals surface area contributed by atoms with Crippen molar-refractivity contribution < 1.29 is 68.4 Å². The van der Waals surface area contributed by atoms with Crippen LogP contribution in [0.15, 0.2) is 85.1 Å². The molecule has 0 radical (unpaired) electrons. The van der Waals surface area contributed by atoms with Crippen LogP contribution in [0, 0.1) is 0 Å². The highest BCUT2D eigenvalue weighted by Gasteiger charge is 2.39. The maximum Gasteiger partial charge on any atom is 0.328 e. The monoisotopic (exact) mass is 1430 g/mol. The van der Waals surface area contributed by atoms with Gasteiger partial charge in [-0.25, -0.2) is 4.79 Å². The Kier molecular flexibility index (Phi) is 31.6. The zero-order chi connectivity index (χ0) is 72.2. The minimum Gasteiger partial charge on any atom is -0.508 e. The average Bonchev–Trinajstić information content (AvgIpc) is 1.63. The van der Waals surface area contributed by atoms with Crippen LogP contribution in [-0.4, -0.2) is 240 Å². The van der Waals surface area contributed by atoms with Gasteiger partial charge >= 0.3 is 5.97 Å². The van der Waals surface area contributed by atoms with Crippen LogP contribution in [0.2, 0.25) is 0 Å². The fraction of sp³-hybridized carbons (Fsp3) is 0.545. The van der Waals surface area contributed by atoms with Crippen LogP contribution in [0.25, 0.3) is 10.9 Å². The van der Waals surface area contributed by atoms with Crippen LogP contribution >= 0.6 is 21.6 Å². The first kappa shape index (κ1) is 79.3. The number of nitrogens with one attached hydrogen (secondary N) is 16. The lowest BCUT2D eigenvalue weighted by Crippen LogP contribution is -2.72. The molecule has 3 fully saturated rings. The molecule has 2 bridgehead atoms. The molecule has 0 spiro atoms. The summed E-state index contributed by atoms with van der Waals surface area (Å²) in [6.07, 6.45) is -1.81. The van der Waals surface area contributed by atoms with Crippen LogP contribution in [0.3, 0.4) is 0 Å². The van der Waals surface area contributed by atoms with Gasteiger partial charge in [-0.1, -0.05) is 82.3 Å². The maximum absolute atomic E-state index is 15.2. The number of aliphatic hydroxyl groups excluding tert-OH is 2. The normalized spacial score (nSPS) is 25.0. The van der Waals surface area contributed by atoms with Crippen LogP contribution in [0.5, 0.6) is 5.75 Å². The highest BCUT2D eigenvalue weighted by Crippen LogP contribution is 2.25. The van der Waals surface area contributed by atoms with Gasteiger partial charge in [0.2, 0.25) is 53.2 Å². The van der Waals surface area contributed by atoms with Gasteiger partial charge in [0, 0.05) is 126 Å². The number of carbonyl (C=O) groups excluding carboxylic acids is 9. The molecule has 3 saturated heterocycles. The minimum atomic E-state index is -1.88. The number of aromatic amines is 1. The number of rotatable bonds is 23. The first-order chi connectivity index (χ1) is 47.9. The zero-order valence-electron chi connectivity index (χ0n) is 56.3. The number of hydrogen-bond acceptors (Lipinski definition) is 23. The maximum atomic E-state index is 15.2. The largest absolute Gasteiger partial charge is 0.508 e. The van der Waals surface area contributed by atoms with E-state index in [1.165, 1.54) is 31.2 Å². The third-order valence-corrected chi connectivity index (χ3v) is 19.5. The quantitative estimate of drug-likeness (QED) is 0.0245. The van der Waals surface area contributed by atoms with E-state index >= 15 is 14.4 Å². The fourth-order valence-corrected chi connectivity index (χ4v) is 13.9. The van der Waals surface area contributed by atoms with Crippen molar-refractivity contribution in [1.82, 2.24) is 84.7 Å². The molecular weight excluding hydrogens is 1330 g/mol. The van der Waals surface area contributed by atoms with Gasteiger partial charge in [-0.3, -0.25) is 53.8 Å². The number of nitrogens with two attached hydrogens (primary N) is 2. The van der Waals surface area contributed by atoms with Gasteiger partial charge in [-0.05, 0) is 81.0 Å². The third-order valence-electron chi connectivity index (χ3n) is 17.1. The van der Waals surface area contributed by atoms with Crippen molar-refractivity contribution in [2.45, 2.75) is 144 Å². The Bertz CT molecular complexity index is 3360. The number of carbonyl (C=O) groups is 10. The third kappa shape index (κ3) is 25.3. The number of aromatic hydroxyl groups is 1. The summed E-state index contributed by atoms with van der Waals surface area (Å²) < 4.78 is 0. The highest BCUT2D eigenvalue weighted by molar-refractivity contribution is 8.76. The first-order valence-electron chi connectivity index (χ1n) is 33.7. The molecule has 2 unspecified atom stereocenters. The van der Waals surface area contributed by atoms with Crippen molar-refractivity contribution >= 4 is 91.6 Å². The van der Waals surface area contributed by atoms with E-state index in [4.69, 9.17) is 11.5 Å². The molecule has 34 heteroatoms. The Balaban J connectivity index is 1.20. The predicted molar refractivity (Wildman–Crippen MR) is 377 cm³/mol. The molecule has 548 valence electrons. The summed E-state index contributed by atoms with van der Waals surface area (Å²) in [5.41, 5.74) is 13.2. The van der Waals surface area contributed by atoms with E-state index in [0.717, 1.165) is 28.5 Å². The second kappa shape index (κ2) is 39.9.